The molecule has 0 aliphatic heterocycles. The van der Waals surface area contributed by atoms with Crippen molar-refractivity contribution in [1.29, 1.82) is 0 Å². The van der Waals surface area contributed by atoms with E-state index in [0.29, 0.717) is 0 Å². The summed E-state index contributed by atoms with van der Waals surface area (Å²) in [6.45, 7) is 0. The highest BCUT2D eigenvalue weighted by molar-refractivity contribution is 7.68. The summed E-state index contributed by atoms with van der Waals surface area (Å²) < 4.78 is 0. The van der Waals surface area contributed by atoms with Crippen LogP contribution in [-0.4, -0.2) is 72.0 Å². The quantitative estimate of drug-likeness (QED) is 0.153. The van der Waals surface area contributed by atoms with Crippen LogP contribution in [0.5, 0.6) is 0 Å². The molecule has 0 saturated carbocycles. The summed E-state index contributed by atoms with van der Waals surface area (Å²) in [4.78, 5) is 0. The van der Waals surface area contributed by atoms with Crippen LogP contribution >= 0.6 is 0 Å². The zero-order valence-electron chi connectivity index (χ0n) is 9.52. The molecule has 3 nitrogen and oxygen atoms in total. The van der Waals surface area contributed by atoms with E-state index >= 15 is 0 Å². The Balaban J connectivity index is -0.000000309. The van der Waals surface area contributed by atoms with Crippen LogP contribution in [-0.2, 0) is 0 Å². The highest BCUT2D eigenvalue weighted by Gasteiger charge is 1.96. The number of hydrazine groups is 1. The number of hydrogen-bond acceptors (Lipinski definition) is 3. The van der Waals surface area contributed by atoms with Gasteiger partial charge >= 0.3 is 0 Å². The Kier molecular flexibility index (Phi) is 33.7. The Morgan fingerprint density at radius 3 is 1.08 bits per heavy atom. The summed E-state index contributed by atoms with van der Waals surface area (Å²) in [5.74, 6) is 8.00. The van der Waals surface area contributed by atoms with Crippen molar-refractivity contribution in [2.45, 2.75) is 0 Å². The molecule has 0 saturated heterocycles. The minimum Gasteiger partial charge on any atom is -0.344 e. The molecule has 0 radical (unpaired) electrons. The smallest absolute Gasteiger partial charge is 0.0597 e. The van der Waals surface area contributed by atoms with E-state index in [1.54, 1.807) is 0 Å². The SMILES string of the molecule is BBBBBBBBBB.N.NN. The summed E-state index contributed by atoms with van der Waals surface area (Å²) in [7, 11) is 16.0. The van der Waals surface area contributed by atoms with Crippen LogP contribution in [0.25, 0.3) is 0 Å². The summed E-state index contributed by atoms with van der Waals surface area (Å²) in [5, 5.41) is 0. The summed E-state index contributed by atoms with van der Waals surface area (Å²) >= 11 is 0. The van der Waals surface area contributed by atoms with Gasteiger partial charge in [0.15, 0.2) is 0 Å². The average molecular weight is 169 g/mol. The van der Waals surface area contributed by atoms with Gasteiger partial charge in [-0.1, -0.05) is 0 Å². The van der Waals surface area contributed by atoms with Gasteiger partial charge in [0.05, 0.1) is 15.5 Å². The molecule has 0 aromatic rings. The summed E-state index contributed by atoms with van der Waals surface area (Å²) in [6, 6.07) is 0. The fraction of sp³-hybridized carbons (Fsp3) is 0. The van der Waals surface area contributed by atoms with E-state index in [4.69, 9.17) is 0 Å². The minimum atomic E-state index is 0. The molecule has 0 aromatic carbocycles. The van der Waals surface area contributed by atoms with Crippen LogP contribution in [0.4, 0.5) is 0 Å². The first kappa shape index (κ1) is 19.2. The van der Waals surface area contributed by atoms with Crippen LogP contribution < -0.4 is 17.8 Å². The maximum Gasteiger partial charge on any atom is 0.0597 e. The standard InChI is InChI=1S/B10H12.H4N2.H3N/c1-3-5-7-9-10-8-6-4-2;1-2;/h3-10H,1-2H2;1-2H2;1H3. The molecule has 0 atom stereocenters. The molecule has 0 heterocycles. The van der Waals surface area contributed by atoms with Gasteiger partial charge in [-0.25, -0.2) is 0 Å². The van der Waals surface area contributed by atoms with E-state index in [-0.39, 0.29) is 6.15 Å². The van der Waals surface area contributed by atoms with Crippen molar-refractivity contribution >= 4 is 72.0 Å². The first-order valence-corrected chi connectivity index (χ1v) is 5.25. The van der Waals surface area contributed by atoms with Gasteiger partial charge in [0, 0.05) is 56.5 Å². The van der Waals surface area contributed by atoms with Crippen molar-refractivity contribution in [3.8, 4) is 0 Å². The molecule has 0 fully saturated rings. The lowest BCUT2D eigenvalue weighted by molar-refractivity contribution is 1.26. The molecule has 0 rings (SSSR count). The van der Waals surface area contributed by atoms with Crippen molar-refractivity contribution in [3.05, 3.63) is 0 Å². The van der Waals surface area contributed by atoms with Gasteiger partial charge in [-0.15, -0.1) is 0 Å². The van der Waals surface area contributed by atoms with Crippen molar-refractivity contribution in [2.75, 3.05) is 0 Å². The average Bonchev–Trinajstić information content (AvgIpc) is 2.15. The third-order valence-electron chi connectivity index (χ3n) is 1.96. The van der Waals surface area contributed by atoms with Crippen molar-refractivity contribution < 1.29 is 0 Å². The zero-order valence-corrected chi connectivity index (χ0v) is 9.52. The van der Waals surface area contributed by atoms with Gasteiger partial charge in [0.25, 0.3) is 0 Å². The van der Waals surface area contributed by atoms with Gasteiger partial charge < -0.3 is 6.15 Å². The molecule has 0 aromatic heterocycles. The van der Waals surface area contributed by atoms with Gasteiger partial charge in [0.1, 0.15) is 0 Å². The molecular formula is H19B10N3. The van der Waals surface area contributed by atoms with Crippen molar-refractivity contribution in [3.63, 3.8) is 0 Å². The second-order valence-corrected chi connectivity index (χ2v) is 3.12. The fourth-order valence-electron chi connectivity index (χ4n) is 1.21. The first-order chi connectivity index (χ1) is 5.91. The molecule has 13 heavy (non-hydrogen) atoms. The summed E-state index contributed by atoms with van der Waals surface area (Å²) in [6.07, 6.45) is 0. The second kappa shape index (κ2) is 22.9. The van der Waals surface area contributed by atoms with E-state index in [2.05, 4.69) is 27.2 Å². The molecule has 64 valence electrons. The van der Waals surface area contributed by atoms with E-state index in [1.807, 2.05) is 0 Å². The Morgan fingerprint density at radius 2 is 0.846 bits per heavy atom. The zero-order chi connectivity index (χ0) is 9.66. The first-order valence-electron chi connectivity index (χ1n) is 5.25. The highest BCUT2D eigenvalue weighted by atomic mass is 15.0. The predicted molar refractivity (Wildman–Crippen MR) is 87.7 cm³/mol. The van der Waals surface area contributed by atoms with E-state index in [9.17, 15) is 0 Å². The van der Waals surface area contributed by atoms with E-state index in [0.717, 1.165) is 0 Å². The summed E-state index contributed by atoms with van der Waals surface area (Å²) in [5.41, 5.74) is 0. The second-order valence-electron chi connectivity index (χ2n) is 3.12. The Bertz CT molecular complexity index is 50.1. The molecule has 13 heteroatoms. The van der Waals surface area contributed by atoms with E-state index < -0.39 is 0 Å². The monoisotopic (exact) mass is 171 g/mol. The predicted octanol–water partition coefficient (Wildman–Crippen LogP) is -8.04. The third kappa shape index (κ3) is 24.5. The van der Waals surface area contributed by atoms with Crippen LogP contribution in [0.1, 0.15) is 0 Å². The van der Waals surface area contributed by atoms with Gasteiger partial charge in [-0.05, 0) is 0 Å². The molecule has 0 unspecified atom stereocenters. The molecule has 0 spiro atoms. The molecular weight excluding hydrogens is 150 g/mol. The molecule has 0 bridgehead atoms. The maximum absolute atomic E-state index is 4.00. The van der Waals surface area contributed by atoms with Gasteiger partial charge in [-0.2, -0.15) is 0 Å². The Morgan fingerprint density at radius 1 is 0.615 bits per heavy atom. The molecule has 0 aliphatic carbocycles. The molecule has 0 aliphatic rings. The fourth-order valence-corrected chi connectivity index (χ4v) is 1.21. The largest absolute Gasteiger partial charge is 0.344 e. The van der Waals surface area contributed by atoms with Crippen LogP contribution in [0.3, 0.4) is 0 Å². The highest BCUT2D eigenvalue weighted by Crippen LogP contribution is 1.54. The number of rotatable bonds is 7. The minimum absolute atomic E-state index is 0. The number of nitrogens with two attached hydrogens (primary N) is 2. The third-order valence-corrected chi connectivity index (χ3v) is 1.96. The lowest BCUT2D eigenvalue weighted by Crippen LogP contribution is -2.30. The van der Waals surface area contributed by atoms with Crippen molar-refractivity contribution in [1.82, 2.24) is 6.15 Å². The van der Waals surface area contributed by atoms with Gasteiger partial charge in [-0.3, -0.25) is 11.7 Å². The molecule has 0 amide bonds. The lowest BCUT2D eigenvalue weighted by Gasteiger charge is -1.88. The van der Waals surface area contributed by atoms with Crippen molar-refractivity contribution in [2.24, 2.45) is 11.7 Å². The van der Waals surface area contributed by atoms with E-state index in [1.165, 1.54) is 56.5 Å². The molecule has 7 N–H and O–H groups in total. The Labute approximate surface area is 90.2 Å². The van der Waals surface area contributed by atoms with Crippen LogP contribution in [0.15, 0.2) is 0 Å². The van der Waals surface area contributed by atoms with Crippen LogP contribution in [0, 0.1) is 0 Å². The topological polar surface area (TPSA) is 87.0 Å². The van der Waals surface area contributed by atoms with Gasteiger partial charge in [0.2, 0.25) is 0 Å². The maximum atomic E-state index is 4.00. The lowest BCUT2D eigenvalue weighted by atomic mass is 8.89. The normalized spacial score (nSPS) is 5.69. The number of hydrogen-bond donors (Lipinski definition) is 3. The van der Waals surface area contributed by atoms with Crippen LogP contribution in [0.2, 0.25) is 0 Å². The Hall–Kier alpha value is 0.529.